The molecule has 21 heavy (non-hydrogen) atoms. The first-order chi connectivity index (χ1) is 10.0. The highest BCUT2D eigenvalue weighted by Gasteiger charge is 2.15. The summed E-state index contributed by atoms with van der Waals surface area (Å²) in [6.45, 7) is 4.18. The van der Waals surface area contributed by atoms with Crippen LogP contribution in [-0.2, 0) is 0 Å². The van der Waals surface area contributed by atoms with Crippen molar-refractivity contribution in [1.82, 2.24) is 0 Å². The van der Waals surface area contributed by atoms with Crippen LogP contribution in [0, 0.1) is 0 Å². The van der Waals surface area contributed by atoms with E-state index < -0.39 is 0 Å². The van der Waals surface area contributed by atoms with Crippen LogP contribution in [0.15, 0.2) is 42.5 Å². The summed E-state index contributed by atoms with van der Waals surface area (Å²) >= 11 is 5.97. The van der Waals surface area contributed by atoms with Crippen molar-refractivity contribution in [3.05, 3.63) is 58.6 Å². The Kier molecular flexibility index (Phi) is 4.86. The van der Waals surface area contributed by atoms with Crippen molar-refractivity contribution in [2.45, 2.75) is 19.8 Å². The number of carbonyl (C=O) groups is 1. The van der Waals surface area contributed by atoms with Gasteiger partial charge in [-0.1, -0.05) is 43.6 Å². The van der Waals surface area contributed by atoms with E-state index in [0.29, 0.717) is 22.3 Å². The smallest absolute Gasteiger partial charge is 0.259 e. The quantitative estimate of drug-likeness (QED) is 0.887. The fourth-order valence-corrected chi connectivity index (χ4v) is 2.33. The fourth-order valence-electron chi connectivity index (χ4n) is 2.16. The van der Waals surface area contributed by atoms with Crippen molar-refractivity contribution in [3.8, 4) is 5.75 Å². The van der Waals surface area contributed by atoms with E-state index in [1.807, 2.05) is 24.3 Å². The van der Waals surface area contributed by atoms with Gasteiger partial charge in [0.25, 0.3) is 5.91 Å². The molecule has 2 rings (SSSR count). The second-order valence-electron chi connectivity index (χ2n) is 5.04. The number of nitrogens with one attached hydrogen (secondary N) is 1. The van der Waals surface area contributed by atoms with Crippen LogP contribution < -0.4 is 10.1 Å². The molecule has 2 aromatic carbocycles. The van der Waals surface area contributed by atoms with Crippen LogP contribution in [0.25, 0.3) is 0 Å². The number of methoxy groups -OCH3 is 1. The van der Waals surface area contributed by atoms with Gasteiger partial charge in [0.15, 0.2) is 0 Å². The van der Waals surface area contributed by atoms with Gasteiger partial charge in [-0.25, -0.2) is 0 Å². The van der Waals surface area contributed by atoms with Gasteiger partial charge in [0.05, 0.1) is 12.7 Å². The first-order valence-corrected chi connectivity index (χ1v) is 7.14. The zero-order chi connectivity index (χ0) is 15.4. The molecule has 0 saturated heterocycles. The molecule has 0 aromatic heterocycles. The normalized spacial score (nSPS) is 10.5. The van der Waals surface area contributed by atoms with Gasteiger partial charge in [0.1, 0.15) is 5.75 Å². The topological polar surface area (TPSA) is 38.3 Å². The Morgan fingerprint density at radius 1 is 1.19 bits per heavy atom. The first-order valence-electron chi connectivity index (χ1n) is 6.76. The second-order valence-corrected chi connectivity index (χ2v) is 5.48. The highest BCUT2D eigenvalue weighted by atomic mass is 35.5. The van der Waals surface area contributed by atoms with Crippen molar-refractivity contribution in [2.75, 3.05) is 12.4 Å². The number of carbonyl (C=O) groups excluding carboxylic acids is 1. The molecule has 1 N–H and O–H groups in total. The molecule has 110 valence electrons. The Hall–Kier alpha value is -2.00. The largest absolute Gasteiger partial charge is 0.496 e. The molecule has 2 aromatic rings. The minimum absolute atomic E-state index is 0.234. The van der Waals surface area contributed by atoms with Gasteiger partial charge in [-0.15, -0.1) is 0 Å². The highest BCUT2D eigenvalue weighted by molar-refractivity contribution is 6.31. The summed E-state index contributed by atoms with van der Waals surface area (Å²) in [4.78, 5) is 12.5. The maximum absolute atomic E-state index is 12.5. The summed E-state index contributed by atoms with van der Waals surface area (Å²) in [5, 5.41) is 3.43. The van der Waals surface area contributed by atoms with Crippen molar-refractivity contribution in [2.24, 2.45) is 0 Å². The van der Waals surface area contributed by atoms with E-state index in [1.54, 1.807) is 18.2 Å². The molecule has 0 aliphatic heterocycles. The molecule has 0 spiro atoms. The van der Waals surface area contributed by atoms with Crippen LogP contribution in [0.1, 0.15) is 35.7 Å². The fraction of sp³-hybridized carbons (Fsp3) is 0.235. The lowest BCUT2D eigenvalue weighted by Crippen LogP contribution is -2.14. The lowest BCUT2D eigenvalue weighted by atomic mass is 10.0. The number of ether oxygens (including phenoxy) is 1. The van der Waals surface area contributed by atoms with Gasteiger partial charge >= 0.3 is 0 Å². The number of para-hydroxylation sites is 1. The summed E-state index contributed by atoms with van der Waals surface area (Å²) in [6, 6.07) is 12.7. The molecule has 1 amide bonds. The van der Waals surface area contributed by atoms with Crippen LogP contribution in [0.3, 0.4) is 0 Å². The molecule has 4 heteroatoms. The predicted molar refractivity (Wildman–Crippen MR) is 86.5 cm³/mol. The molecule has 0 aliphatic carbocycles. The molecular weight excluding hydrogens is 286 g/mol. The van der Waals surface area contributed by atoms with E-state index in [-0.39, 0.29) is 5.91 Å². The molecule has 0 fully saturated rings. The monoisotopic (exact) mass is 303 g/mol. The average molecular weight is 304 g/mol. The molecule has 0 radical (unpaired) electrons. The predicted octanol–water partition coefficient (Wildman–Crippen LogP) is 4.72. The Morgan fingerprint density at radius 2 is 1.90 bits per heavy atom. The Labute approximate surface area is 129 Å². The Balaban J connectivity index is 2.33. The summed E-state index contributed by atoms with van der Waals surface area (Å²) < 4.78 is 5.22. The Morgan fingerprint density at radius 3 is 2.57 bits per heavy atom. The van der Waals surface area contributed by atoms with Crippen molar-refractivity contribution in [1.29, 1.82) is 0 Å². The van der Waals surface area contributed by atoms with Crippen molar-refractivity contribution in [3.63, 3.8) is 0 Å². The number of amides is 1. The van der Waals surface area contributed by atoms with E-state index in [0.717, 1.165) is 11.3 Å². The summed E-state index contributed by atoms with van der Waals surface area (Å²) in [5.74, 6) is 0.587. The molecule has 0 unspecified atom stereocenters. The number of anilines is 1. The molecule has 0 aliphatic rings. The standard InChI is InChI=1S/C17H18ClNO2/c1-11(2)13-6-4-5-7-15(13)19-17(20)14-10-12(18)8-9-16(14)21-3/h4-11H,1-3H3,(H,19,20). The van der Waals surface area contributed by atoms with Crippen molar-refractivity contribution < 1.29 is 9.53 Å². The summed E-state index contributed by atoms with van der Waals surface area (Å²) in [5.41, 5.74) is 2.31. The maximum Gasteiger partial charge on any atom is 0.259 e. The van der Waals surface area contributed by atoms with E-state index in [1.165, 1.54) is 7.11 Å². The van der Waals surface area contributed by atoms with Crippen LogP contribution >= 0.6 is 11.6 Å². The van der Waals surface area contributed by atoms with Gasteiger partial charge in [0, 0.05) is 10.7 Å². The first kappa shape index (κ1) is 15.4. The number of hydrogen-bond donors (Lipinski definition) is 1. The van der Waals surface area contributed by atoms with E-state index in [4.69, 9.17) is 16.3 Å². The Bertz CT molecular complexity index is 653. The van der Waals surface area contributed by atoms with Gasteiger partial charge in [-0.05, 0) is 35.7 Å². The van der Waals surface area contributed by atoms with Gasteiger partial charge < -0.3 is 10.1 Å². The van der Waals surface area contributed by atoms with Crippen LogP contribution in [-0.4, -0.2) is 13.0 Å². The van der Waals surface area contributed by atoms with Gasteiger partial charge in [0.2, 0.25) is 0 Å². The number of halogens is 1. The average Bonchev–Trinajstić information content (AvgIpc) is 2.47. The molecule has 0 saturated carbocycles. The molecule has 0 atom stereocenters. The zero-order valence-electron chi connectivity index (χ0n) is 12.3. The minimum Gasteiger partial charge on any atom is -0.496 e. The zero-order valence-corrected chi connectivity index (χ0v) is 13.1. The van der Waals surface area contributed by atoms with Gasteiger partial charge in [-0.3, -0.25) is 4.79 Å². The maximum atomic E-state index is 12.5. The summed E-state index contributed by atoms with van der Waals surface area (Å²) in [7, 11) is 1.53. The lowest BCUT2D eigenvalue weighted by Gasteiger charge is -2.15. The number of benzene rings is 2. The third kappa shape index (κ3) is 3.56. The molecule has 0 heterocycles. The molecule has 3 nitrogen and oxygen atoms in total. The van der Waals surface area contributed by atoms with Crippen LogP contribution in [0.2, 0.25) is 5.02 Å². The third-order valence-electron chi connectivity index (χ3n) is 3.24. The minimum atomic E-state index is -0.234. The second kappa shape index (κ2) is 6.64. The number of hydrogen-bond acceptors (Lipinski definition) is 2. The van der Waals surface area contributed by atoms with Gasteiger partial charge in [-0.2, -0.15) is 0 Å². The van der Waals surface area contributed by atoms with E-state index in [2.05, 4.69) is 19.2 Å². The van der Waals surface area contributed by atoms with Crippen molar-refractivity contribution >= 4 is 23.2 Å². The summed E-state index contributed by atoms with van der Waals surface area (Å²) in [6.07, 6.45) is 0. The third-order valence-corrected chi connectivity index (χ3v) is 3.47. The lowest BCUT2D eigenvalue weighted by molar-refractivity contribution is 0.102. The van der Waals surface area contributed by atoms with Crippen LogP contribution in [0.5, 0.6) is 5.75 Å². The molecular formula is C17H18ClNO2. The highest BCUT2D eigenvalue weighted by Crippen LogP contribution is 2.27. The van der Waals surface area contributed by atoms with Crippen LogP contribution in [0.4, 0.5) is 5.69 Å². The van der Waals surface area contributed by atoms with E-state index >= 15 is 0 Å². The number of rotatable bonds is 4. The molecule has 0 bridgehead atoms. The SMILES string of the molecule is COc1ccc(Cl)cc1C(=O)Nc1ccccc1C(C)C. The van der Waals surface area contributed by atoms with E-state index in [9.17, 15) is 4.79 Å².